The number of nitrogens with one attached hydrogen (secondary N) is 1. The monoisotopic (exact) mass is 125 g/mol. The van der Waals surface area contributed by atoms with Gasteiger partial charge >= 0.3 is 0 Å². The van der Waals surface area contributed by atoms with Gasteiger partial charge in [-0.2, -0.15) is 0 Å². The molecule has 3 heteroatoms. The molecule has 0 unspecified atom stereocenters. The zero-order valence-electron chi connectivity index (χ0n) is 5.25. The SMILES string of the molecule is NC=CC=NC1CNC1. The van der Waals surface area contributed by atoms with Gasteiger partial charge in [-0.15, -0.1) is 0 Å². The van der Waals surface area contributed by atoms with Gasteiger partial charge in [-0.1, -0.05) is 0 Å². The first kappa shape index (κ1) is 6.29. The molecule has 0 amide bonds. The van der Waals surface area contributed by atoms with Crippen molar-refractivity contribution in [3.05, 3.63) is 12.3 Å². The van der Waals surface area contributed by atoms with Gasteiger partial charge in [-0.3, -0.25) is 4.99 Å². The first-order valence-electron chi connectivity index (χ1n) is 3.04. The molecule has 0 spiro atoms. The molecule has 0 radical (unpaired) electrons. The summed E-state index contributed by atoms with van der Waals surface area (Å²) in [6.07, 6.45) is 4.96. The van der Waals surface area contributed by atoms with Crippen molar-refractivity contribution in [1.29, 1.82) is 0 Å². The largest absolute Gasteiger partial charge is 0.405 e. The molecule has 9 heavy (non-hydrogen) atoms. The third kappa shape index (κ3) is 1.85. The van der Waals surface area contributed by atoms with Gasteiger partial charge in [0.05, 0.1) is 6.04 Å². The predicted octanol–water partition coefficient (Wildman–Crippen LogP) is -0.499. The van der Waals surface area contributed by atoms with E-state index < -0.39 is 0 Å². The molecule has 0 aromatic carbocycles. The Morgan fingerprint density at radius 1 is 1.56 bits per heavy atom. The lowest BCUT2D eigenvalue weighted by molar-refractivity contribution is 0.449. The van der Waals surface area contributed by atoms with Crippen LogP contribution in [0.5, 0.6) is 0 Å². The molecule has 1 saturated heterocycles. The molecule has 0 saturated carbocycles. The van der Waals surface area contributed by atoms with Crippen molar-refractivity contribution in [3.63, 3.8) is 0 Å². The third-order valence-corrected chi connectivity index (χ3v) is 1.25. The molecule has 1 fully saturated rings. The van der Waals surface area contributed by atoms with Gasteiger partial charge in [0.25, 0.3) is 0 Å². The van der Waals surface area contributed by atoms with E-state index in [1.165, 1.54) is 6.20 Å². The fraction of sp³-hybridized carbons (Fsp3) is 0.500. The molecular formula is C6H11N3. The molecule has 1 aliphatic heterocycles. The maximum absolute atomic E-state index is 5.09. The first-order valence-corrected chi connectivity index (χ1v) is 3.04. The summed E-state index contributed by atoms with van der Waals surface area (Å²) in [7, 11) is 0. The predicted molar refractivity (Wildman–Crippen MR) is 38.5 cm³/mol. The van der Waals surface area contributed by atoms with Crippen LogP contribution in [0.1, 0.15) is 0 Å². The van der Waals surface area contributed by atoms with Gasteiger partial charge in [0.15, 0.2) is 0 Å². The fourth-order valence-corrected chi connectivity index (χ4v) is 0.600. The minimum atomic E-state index is 0.487. The average Bonchev–Trinajstić information content (AvgIpc) is 1.76. The zero-order valence-corrected chi connectivity index (χ0v) is 5.25. The molecule has 0 atom stereocenters. The third-order valence-electron chi connectivity index (χ3n) is 1.25. The highest BCUT2D eigenvalue weighted by molar-refractivity contribution is 5.71. The molecule has 50 valence electrons. The Morgan fingerprint density at radius 3 is 2.78 bits per heavy atom. The summed E-state index contributed by atoms with van der Waals surface area (Å²) in [4.78, 5) is 4.16. The van der Waals surface area contributed by atoms with Crippen molar-refractivity contribution in [1.82, 2.24) is 5.32 Å². The summed E-state index contributed by atoms with van der Waals surface area (Å²) in [5.41, 5.74) is 5.09. The molecule has 1 heterocycles. The Kier molecular flexibility index (Phi) is 2.27. The maximum Gasteiger partial charge on any atom is 0.0748 e. The highest BCUT2D eigenvalue weighted by Crippen LogP contribution is 1.94. The minimum Gasteiger partial charge on any atom is -0.405 e. The number of aliphatic imine (C=N–C) groups is 1. The first-order chi connectivity index (χ1) is 4.43. The number of nitrogens with two attached hydrogens (primary N) is 1. The van der Waals surface area contributed by atoms with E-state index in [2.05, 4.69) is 10.3 Å². The molecule has 0 aliphatic carbocycles. The van der Waals surface area contributed by atoms with Crippen LogP contribution in [0.15, 0.2) is 17.3 Å². The number of nitrogens with zero attached hydrogens (tertiary/aromatic N) is 1. The van der Waals surface area contributed by atoms with Crippen LogP contribution in [-0.2, 0) is 0 Å². The summed E-state index contributed by atoms with van der Waals surface area (Å²) in [5.74, 6) is 0. The molecule has 0 aromatic rings. The number of hydrogen-bond acceptors (Lipinski definition) is 3. The molecule has 0 aromatic heterocycles. The van der Waals surface area contributed by atoms with Gasteiger partial charge < -0.3 is 11.1 Å². The molecular weight excluding hydrogens is 114 g/mol. The van der Waals surface area contributed by atoms with Crippen LogP contribution in [0.3, 0.4) is 0 Å². The smallest absolute Gasteiger partial charge is 0.0748 e. The van der Waals surface area contributed by atoms with E-state index in [0.717, 1.165) is 13.1 Å². The van der Waals surface area contributed by atoms with Crippen LogP contribution >= 0.6 is 0 Å². The lowest BCUT2D eigenvalue weighted by Gasteiger charge is -2.22. The van der Waals surface area contributed by atoms with Crippen molar-refractivity contribution < 1.29 is 0 Å². The second-order valence-corrected chi connectivity index (χ2v) is 2.00. The number of hydrogen-bond donors (Lipinski definition) is 2. The quantitative estimate of drug-likeness (QED) is 0.489. The Balaban J connectivity index is 2.14. The van der Waals surface area contributed by atoms with Crippen LogP contribution in [0.2, 0.25) is 0 Å². The van der Waals surface area contributed by atoms with Gasteiger partial charge in [0.1, 0.15) is 0 Å². The van der Waals surface area contributed by atoms with Crippen molar-refractivity contribution in [2.24, 2.45) is 10.7 Å². The fourth-order valence-electron chi connectivity index (χ4n) is 0.600. The second-order valence-electron chi connectivity index (χ2n) is 2.00. The zero-order chi connectivity index (χ0) is 6.53. The maximum atomic E-state index is 5.09. The van der Waals surface area contributed by atoms with Gasteiger partial charge in [-0.25, -0.2) is 0 Å². The van der Waals surface area contributed by atoms with Crippen molar-refractivity contribution >= 4 is 6.21 Å². The van der Waals surface area contributed by atoms with Gasteiger partial charge in [-0.05, 0) is 12.3 Å². The van der Waals surface area contributed by atoms with E-state index in [0.29, 0.717) is 6.04 Å². The van der Waals surface area contributed by atoms with Crippen molar-refractivity contribution in [2.75, 3.05) is 13.1 Å². The summed E-state index contributed by atoms with van der Waals surface area (Å²) < 4.78 is 0. The van der Waals surface area contributed by atoms with E-state index in [1.807, 2.05) is 0 Å². The normalized spacial score (nSPS) is 21.3. The molecule has 0 bridgehead atoms. The minimum absolute atomic E-state index is 0.487. The molecule has 3 N–H and O–H groups in total. The lowest BCUT2D eigenvalue weighted by atomic mass is 10.2. The standard InChI is InChI=1S/C6H11N3/c7-2-1-3-9-6-4-8-5-6/h1-3,6,8H,4-5,7H2. The van der Waals surface area contributed by atoms with Gasteiger partial charge in [0.2, 0.25) is 0 Å². The van der Waals surface area contributed by atoms with E-state index in [9.17, 15) is 0 Å². The lowest BCUT2D eigenvalue weighted by Crippen LogP contribution is -2.45. The molecule has 3 nitrogen and oxygen atoms in total. The Bertz CT molecular complexity index is 124. The second kappa shape index (κ2) is 3.25. The topological polar surface area (TPSA) is 50.4 Å². The average molecular weight is 125 g/mol. The van der Waals surface area contributed by atoms with E-state index in [1.54, 1.807) is 12.3 Å². The van der Waals surface area contributed by atoms with Crippen LogP contribution < -0.4 is 11.1 Å². The van der Waals surface area contributed by atoms with Crippen LogP contribution in [0.4, 0.5) is 0 Å². The number of rotatable bonds is 2. The summed E-state index contributed by atoms with van der Waals surface area (Å²) in [6.45, 7) is 2.02. The Hall–Kier alpha value is -0.830. The van der Waals surface area contributed by atoms with Crippen molar-refractivity contribution in [3.8, 4) is 0 Å². The van der Waals surface area contributed by atoms with Crippen molar-refractivity contribution in [2.45, 2.75) is 6.04 Å². The van der Waals surface area contributed by atoms with E-state index in [4.69, 9.17) is 5.73 Å². The molecule has 1 aliphatic rings. The highest BCUT2D eigenvalue weighted by Gasteiger charge is 2.12. The van der Waals surface area contributed by atoms with Crippen LogP contribution in [0, 0.1) is 0 Å². The van der Waals surface area contributed by atoms with Gasteiger partial charge in [0, 0.05) is 19.3 Å². The Morgan fingerprint density at radius 2 is 2.33 bits per heavy atom. The summed E-state index contributed by atoms with van der Waals surface area (Å²) >= 11 is 0. The highest BCUT2D eigenvalue weighted by atomic mass is 15.0. The van der Waals surface area contributed by atoms with E-state index in [-0.39, 0.29) is 0 Å². The Labute approximate surface area is 54.7 Å². The summed E-state index contributed by atoms with van der Waals surface area (Å²) in [6, 6.07) is 0.487. The molecule has 1 rings (SSSR count). The number of allylic oxidation sites excluding steroid dienone is 1. The van der Waals surface area contributed by atoms with E-state index >= 15 is 0 Å². The summed E-state index contributed by atoms with van der Waals surface area (Å²) in [5, 5.41) is 3.12. The van der Waals surface area contributed by atoms with Crippen LogP contribution in [0.25, 0.3) is 0 Å². The van der Waals surface area contributed by atoms with Crippen LogP contribution in [-0.4, -0.2) is 25.3 Å².